The second-order valence-corrected chi connectivity index (χ2v) is 5.38. The summed E-state index contributed by atoms with van der Waals surface area (Å²) in [4.78, 5) is 2.22. The van der Waals surface area contributed by atoms with Crippen molar-refractivity contribution in [1.82, 2.24) is 10.2 Å². The maximum Gasteiger partial charge on any atom is 0.127 e. The molecule has 1 aromatic carbocycles. The number of ether oxygens (including phenoxy) is 1. The second-order valence-electron chi connectivity index (χ2n) is 4.97. The van der Waals surface area contributed by atoms with E-state index in [4.69, 9.17) is 16.3 Å². The number of hydrogen-bond acceptors (Lipinski definition) is 3. The van der Waals surface area contributed by atoms with Crippen LogP contribution in [0.4, 0.5) is 4.39 Å². The van der Waals surface area contributed by atoms with Crippen LogP contribution in [0.2, 0.25) is 5.02 Å². The van der Waals surface area contributed by atoms with Crippen LogP contribution in [0, 0.1) is 5.82 Å². The topological polar surface area (TPSA) is 24.5 Å². The molecule has 2 rings (SSSR count). The molecule has 1 heterocycles. The minimum absolute atomic E-state index is 0.0529. The first-order valence-corrected chi connectivity index (χ1v) is 6.90. The van der Waals surface area contributed by atoms with E-state index in [0.717, 1.165) is 13.1 Å². The molecule has 106 valence electrons. The summed E-state index contributed by atoms with van der Waals surface area (Å²) in [5, 5.41) is 3.69. The zero-order valence-electron chi connectivity index (χ0n) is 11.3. The van der Waals surface area contributed by atoms with Gasteiger partial charge in [-0.15, -0.1) is 0 Å². The molecule has 0 saturated carbocycles. The Morgan fingerprint density at radius 2 is 2.37 bits per heavy atom. The summed E-state index contributed by atoms with van der Waals surface area (Å²) in [5.41, 5.74) is 0.556. The normalized spacial score (nSPS) is 22.4. The van der Waals surface area contributed by atoms with Gasteiger partial charge in [0.2, 0.25) is 0 Å². The lowest BCUT2D eigenvalue weighted by Gasteiger charge is -2.35. The summed E-state index contributed by atoms with van der Waals surface area (Å²) < 4.78 is 19.6. The lowest BCUT2D eigenvalue weighted by molar-refractivity contribution is -0.0373. The van der Waals surface area contributed by atoms with Gasteiger partial charge in [-0.25, -0.2) is 4.39 Å². The number of likely N-dealkylation sites (N-methyl/N-ethyl adjacent to an activating group) is 2. The van der Waals surface area contributed by atoms with E-state index in [9.17, 15) is 4.39 Å². The summed E-state index contributed by atoms with van der Waals surface area (Å²) in [6.07, 6.45) is 0.583. The Labute approximate surface area is 118 Å². The number of halogens is 2. The number of benzene rings is 1. The van der Waals surface area contributed by atoms with Crippen LogP contribution in [0.1, 0.15) is 5.56 Å². The fourth-order valence-corrected chi connectivity index (χ4v) is 2.66. The molecule has 1 aromatic rings. The first-order chi connectivity index (χ1) is 9.11. The summed E-state index contributed by atoms with van der Waals surface area (Å²) in [6.45, 7) is 2.50. The van der Waals surface area contributed by atoms with Gasteiger partial charge in [0.1, 0.15) is 5.82 Å². The fourth-order valence-electron chi connectivity index (χ4n) is 2.42. The van der Waals surface area contributed by atoms with E-state index in [1.807, 2.05) is 7.05 Å². The molecule has 0 aromatic heterocycles. The van der Waals surface area contributed by atoms with Gasteiger partial charge in [0.25, 0.3) is 0 Å². The molecule has 0 amide bonds. The first kappa shape index (κ1) is 14.7. The van der Waals surface area contributed by atoms with Gasteiger partial charge >= 0.3 is 0 Å². The van der Waals surface area contributed by atoms with Crippen molar-refractivity contribution in [2.24, 2.45) is 0 Å². The predicted octanol–water partition coefficient (Wildman–Crippen LogP) is 1.94. The smallest absolute Gasteiger partial charge is 0.127 e. The van der Waals surface area contributed by atoms with E-state index in [1.54, 1.807) is 12.1 Å². The van der Waals surface area contributed by atoms with Crippen molar-refractivity contribution < 1.29 is 9.13 Å². The van der Waals surface area contributed by atoms with E-state index in [0.29, 0.717) is 23.6 Å². The van der Waals surface area contributed by atoms with Crippen LogP contribution in [0.5, 0.6) is 0 Å². The Bertz CT molecular complexity index is 410. The zero-order chi connectivity index (χ0) is 13.8. The quantitative estimate of drug-likeness (QED) is 0.915. The molecule has 1 saturated heterocycles. The van der Waals surface area contributed by atoms with Crippen molar-refractivity contribution in [3.63, 3.8) is 0 Å². The van der Waals surface area contributed by atoms with Crippen molar-refractivity contribution in [3.8, 4) is 0 Å². The lowest BCUT2D eigenvalue weighted by Crippen LogP contribution is -2.51. The van der Waals surface area contributed by atoms with Crippen LogP contribution in [0.15, 0.2) is 18.2 Å². The van der Waals surface area contributed by atoms with E-state index >= 15 is 0 Å². The Kier molecular flexibility index (Phi) is 5.16. The molecule has 0 radical (unpaired) electrons. The molecular weight excluding hydrogens is 267 g/mol. The number of morpholine rings is 1. The molecule has 0 bridgehead atoms. The Hall–Kier alpha value is -0.680. The average molecular weight is 287 g/mol. The van der Waals surface area contributed by atoms with Gasteiger partial charge in [-0.05, 0) is 32.6 Å². The van der Waals surface area contributed by atoms with Crippen LogP contribution in [-0.2, 0) is 11.2 Å². The molecule has 1 aliphatic rings. The second kappa shape index (κ2) is 6.66. The SMILES string of the molecule is CNC(Cc1c(F)cccc1Cl)C1CN(C)CCO1. The van der Waals surface area contributed by atoms with Gasteiger partial charge in [-0.1, -0.05) is 17.7 Å². The Morgan fingerprint density at radius 3 is 3.00 bits per heavy atom. The fraction of sp³-hybridized carbons (Fsp3) is 0.571. The molecular formula is C14H20ClFN2O. The molecule has 0 spiro atoms. The average Bonchev–Trinajstić information content (AvgIpc) is 2.38. The molecule has 19 heavy (non-hydrogen) atoms. The monoisotopic (exact) mass is 286 g/mol. The number of rotatable bonds is 4. The summed E-state index contributed by atoms with van der Waals surface area (Å²) in [7, 11) is 3.94. The highest BCUT2D eigenvalue weighted by molar-refractivity contribution is 6.31. The van der Waals surface area contributed by atoms with Crippen LogP contribution in [0.25, 0.3) is 0 Å². The van der Waals surface area contributed by atoms with Gasteiger partial charge in [0.15, 0.2) is 0 Å². The molecule has 2 unspecified atom stereocenters. The minimum atomic E-state index is -0.253. The van der Waals surface area contributed by atoms with Gasteiger partial charge < -0.3 is 15.0 Å². The highest BCUT2D eigenvalue weighted by Crippen LogP contribution is 2.22. The number of nitrogens with zero attached hydrogens (tertiary/aromatic N) is 1. The molecule has 2 atom stereocenters. The number of nitrogens with one attached hydrogen (secondary N) is 1. The van der Waals surface area contributed by atoms with Crippen LogP contribution in [-0.4, -0.2) is 50.8 Å². The number of hydrogen-bond donors (Lipinski definition) is 1. The molecule has 1 fully saturated rings. The van der Waals surface area contributed by atoms with E-state index in [1.165, 1.54) is 6.07 Å². The van der Waals surface area contributed by atoms with Gasteiger partial charge in [-0.2, -0.15) is 0 Å². The first-order valence-electron chi connectivity index (χ1n) is 6.52. The van der Waals surface area contributed by atoms with Crippen molar-refractivity contribution in [2.45, 2.75) is 18.6 Å². The maximum absolute atomic E-state index is 13.8. The third-order valence-corrected chi connectivity index (χ3v) is 3.96. The van der Waals surface area contributed by atoms with Crippen molar-refractivity contribution in [1.29, 1.82) is 0 Å². The predicted molar refractivity (Wildman–Crippen MR) is 75.2 cm³/mol. The van der Waals surface area contributed by atoms with E-state index in [2.05, 4.69) is 17.3 Å². The van der Waals surface area contributed by atoms with Crippen molar-refractivity contribution in [3.05, 3.63) is 34.6 Å². The molecule has 5 heteroatoms. The van der Waals surface area contributed by atoms with E-state index < -0.39 is 0 Å². The van der Waals surface area contributed by atoms with Crippen molar-refractivity contribution >= 4 is 11.6 Å². The molecule has 0 aliphatic carbocycles. The minimum Gasteiger partial charge on any atom is -0.374 e. The maximum atomic E-state index is 13.8. The zero-order valence-corrected chi connectivity index (χ0v) is 12.1. The standard InChI is InChI=1S/C14H20ClFN2O/c1-17-13(14-9-18(2)6-7-19-14)8-10-11(15)4-3-5-12(10)16/h3-5,13-14,17H,6-9H2,1-2H3. The highest BCUT2D eigenvalue weighted by atomic mass is 35.5. The van der Waals surface area contributed by atoms with Crippen LogP contribution < -0.4 is 5.32 Å². The third-order valence-electron chi connectivity index (χ3n) is 3.60. The highest BCUT2D eigenvalue weighted by Gasteiger charge is 2.27. The lowest BCUT2D eigenvalue weighted by atomic mass is 9.99. The Balaban J connectivity index is 2.10. The molecule has 1 aliphatic heterocycles. The molecule has 3 nitrogen and oxygen atoms in total. The van der Waals surface area contributed by atoms with Gasteiger partial charge in [0, 0.05) is 29.7 Å². The Morgan fingerprint density at radius 1 is 1.58 bits per heavy atom. The van der Waals surface area contributed by atoms with Crippen LogP contribution >= 0.6 is 11.6 Å². The molecule has 1 N–H and O–H groups in total. The van der Waals surface area contributed by atoms with Crippen molar-refractivity contribution in [2.75, 3.05) is 33.8 Å². The summed E-state index contributed by atoms with van der Waals surface area (Å²) in [6, 6.07) is 4.85. The largest absolute Gasteiger partial charge is 0.374 e. The van der Waals surface area contributed by atoms with Gasteiger partial charge in [0.05, 0.1) is 12.7 Å². The summed E-state index contributed by atoms with van der Waals surface area (Å²) >= 11 is 6.08. The van der Waals surface area contributed by atoms with Crippen LogP contribution in [0.3, 0.4) is 0 Å². The van der Waals surface area contributed by atoms with Gasteiger partial charge in [-0.3, -0.25) is 0 Å². The summed E-state index contributed by atoms with van der Waals surface area (Å²) in [5.74, 6) is -0.253. The van der Waals surface area contributed by atoms with E-state index in [-0.39, 0.29) is 18.0 Å². The third kappa shape index (κ3) is 3.66.